The quantitative estimate of drug-likeness (QED) is 0.660. The summed E-state index contributed by atoms with van der Waals surface area (Å²) in [5.74, 6) is -0.488. The molecule has 0 radical (unpaired) electrons. The summed E-state index contributed by atoms with van der Waals surface area (Å²) in [5, 5.41) is 1.00. The molecule has 0 aliphatic heterocycles. The summed E-state index contributed by atoms with van der Waals surface area (Å²) in [6.45, 7) is 2.02. The molecule has 0 amide bonds. The molecule has 0 aromatic heterocycles. The molecule has 0 aliphatic rings. The van der Waals surface area contributed by atoms with Gasteiger partial charge in [-0.15, -0.1) is 0 Å². The molecule has 0 saturated heterocycles. The Morgan fingerprint density at radius 2 is 1.79 bits per heavy atom. The Morgan fingerprint density at radius 1 is 1.05 bits per heavy atom. The highest BCUT2D eigenvalue weighted by Gasteiger charge is 2.30. The highest BCUT2D eigenvalue weighted by atomic mass is 19.4. The first-order chi connectivity index (χ1) is 8.91. The highest BCUT2D eigenvalue weighted by Crippen LogP contribution is 2.32. The molecule has 0 saturated carbocycles. The van der Waals surface area contributed by atoms with E-state index in [0.717, 1.165) is 36.6 Å². The first-order valence-corrected chi connectivity index (χ1v) is 6.21. The van der Waals surface area contributed by atoms with Gasteiger partial charge in [-0.1, -0.05) is 19.4 Å². The number of halogens is 4. The minimum Gasteiger partial charge on any atom is -0.207 e. The van der Waals surface area contributed by atoms with Crippen LogP contribution in [-0.2, 0) is 12.6 Å². The summed E-state index contributed by atoms with van der Waals surface area (Å²) in [6, 6.07) is 6.05. The van der Waals surface area contributed by atoms with Gasteiger partial charge in [0.05, 0.1) is 5.56 Å². The van der Waals surface area contributed by atoms with Crippen molar-refractivity contribution >= 4 is 10.8 Å². The van der Waals surface area contributed by atoms with Crippen LogP contribution in [0.1, 0.15) is 30.9 Å². The zero-order chi connectivity index (χ0) is 14.0. The standard InChI is InChI=1S/C15H14F4/c1-2-3-4-10-8-13(16)9-11-7-12(15(17,18)19)5-6-14(10)11/h5-9H,2-4H2,1H3. The number of rotatable bonds is 3. The molecule has 0 spiro atoms. The minimum atomic E-state index is -4.40. The van der Waals surface area contributed by atoms with E-state index in [1.54, 1.807) is 0 Å². The van der Waals surface area contributed by atoms with Crippen LogP contribution < -0.4 is 0 Å². The van der Waals surface area contributed by atoms with Crippen molar-refractivity contribution < 1.29 is 17.6 Å². The van der Waals surface area contributed by atoms with Gasteiger partial charge in [-0.05, 0) is 53.4 Å². The Balaban J connectivity index is 2.55. The molecule has 0 unspecified atom stereocenters. The minimum absolute atomic E-state index is 0.306. The number of benzene rings is 2. The molecule has 0 N–H and O–H groups in total. The van der Waals surface area contributed by atoms with Gasteiger partial charge in [0, 0.05) is 0 Å². The second-order valence-corrected chi connectivity index (χ2v) is 4.60. The summed E-state index contributed by atoms with van der Waals surface area (Å²) < 4.78 is 51.3. The van der Waals surface area contributed by atoms with Crippen molar-refractivity contribution in [1.29, 1.82) is 0 Å². The van der Waals surface area contributed by atoms with Crippen LogP contribution in [0.3, 0.4) is 0 Å². The molecule has 4 heteroatoms. The molecule has 19 heavy (non-hydrogen) atoms. The number of unbranched alkanes of at least 4 members (excludes halogenated alkanes) is 1. The van der Waals surface area contributed by atoms with Gasteiger partial charge in [-0.2, -0.15) is 13.2 Å². The zero-order valence-electron chi connectivity index (χ0n) is 10.5. The van der Waals surface area contributed by atoms with E-state index >= 15 is 0 Å². The lowest BCUT2D eigenvalue weighted by atomic mass is 9.98. The first-order valence-electron chi connectivity index (χ1n) is 6.21. The molecule has 2 aromatic rings. The third-order valence-corrected chi connectivity index (χ3v) is 3.13. The summed E-state index contributed by atoms with van der Waals surface area (Å²) in [6.07, 6.45) is -1.88. The summed E-state index contributed by atoms with van der Waals surface area (Å²) in [5.41, 5.74) is 0.0256. The lowest BCUT2D eigenvalue weighted by Gasteiger charge is -2.11. The van der Waals surface area contributed by atoms with Crippen LogP contribution in [0.15, 0.2) is 30.3 Å². The van der Waals surface area contributed by atoms with E-state index in [1.165, 1.54) is 12.1 Å². The van der Waals surface area contributed by atoms with E-state index in [4.69, 9.17) is 0 Å². The maximum atomic E-state index is 13.5. The Morgan fingerprint density at radius 3 is 2.42 bits per heavy atom. The average Bonchev–Trinajstić information content (AvgIpc) is 2.33. The molecule has 0 atom stereocenters. The molecule has 0 fully saturated rings. The fourth-order valence-electron chi connectivity index (χ4n) is 2.16. The number of aryl methyl sites for hydroxylation is 1. The number of fused-ring (bicyclic) bond motifs is 1. The van der Waals surface area contributed by atoms with E-state index < -0.39 is 17.6 Å². The molecule has 0 nitrogen and oxygen atoms in total. The van der Waals surface area contributed by atoms with Crippen molar-refractivity contribution in [2.75, 3.05) is 0 Å². The van der Waals surface area contributed by atoms with Crippen LogP contribution >= 0.6 is 0 Å². The molecule has 102 valence electrons. The van der Waals surface area contributed by atoms with E-state index in [1.807, 2.05) is 6.92 Å². The van der Waals surface area contributed by atoms with Crippen molar-refractivity contribution in [3.05, 3.63) is 47.3 Å². The molecule has 0 heterocycles. The van der Waals surface area contributed by atoms with Gasteiger partial charge in [0.25, 0.3) is 0 Å². The lowest BCUT2D eigenvalue weighted by molar-refractivity contribution is -0.137. The van der Waals surface area contributed by atoms with Crippen LogP contribution in [0.4, 0.5) is 17.6 Å². The van der Waals surface area contributed by atoms with Crippen LogP contribution in [-0.4, -0.2) is 0 Å². The third-order valence-electron chi connectivity index (χ3n) is 3.13. The van der Waals surface area contributed by atoms with Gasteiger partial charge in [-0.3, -0.25) is 0 Å². The van der Waals surface area contributed by atoms with E-state index in [2.05, 4.69) is 0 Å². The van der Waals surface area contributed by atoms with Gasteiger partial charge < -0.3 is 0 Å². The Kier molecular flexibility index (Phi) is 3.78. The van der Waals surface area contributed by atoms with Crippen molar-refractivity contribution in [2.45, 2.75) is 32.4 Å². The van der Waals surface area contributed by atoms with Crippen LogP contribution in [0, 0.1) is 5.82 Å². The van der Waals surface area contributed by atoms with E-state index in [9.17, 15) is 17.6 Å². The Labute approximate surface area is 109 Å². The summed E-state index contributed by atoms with van der Waals surface area (Å²) in [7, 11) is 0. The number of alkyl halides is 3. The predicted octanol–water partition coefficient (Wildman–Crippen LogP) is 5.34. The topological polar surface area (TPSA) is 0 Å². The average molecular weight is 270 g/mol. The van der Waals surface area contributed by atoms with E-state index in [-0.39, 0.29) is 0 Å². The Hall–Kier alpha value is -1.58. The van der Waals surface area contributed by atoms with Crippen molar-refractivity contribution in [2.24, 2.45) is 0 Å². The predicted molar refractivity (Wildman–Crippen MR) is 67.5 cm³/mol. The molecular weight excluding hydrogens is 256 g/mol. The fraction of sp³-hybridized carbons (Fsp3) is 0.333. The summed E-state index contributed by atoms with van der Waals surface area (Å²) in [4.78, 5) is 0. The van der Waals surface area contributed by atoms with Crippen LogP contribution in [0.5, 0.6) is 0 Å². The maximum absolute atomic E-state index is 13.5. The van der Waals surface area contributed by atoms with Crippen molar-refractivity contribution in [1.82, 2.24) is 0 Å². The SMILES string of the molecule is CCCCc1cc(F)cc2cc(C(F)(F)F)ccc12. The number of hydrogen-bond donors (Lipinski definition) is 0. The lowest BCUT2D eigenvalue weighted by Crippen LogP contribution is -2.04. The van der Waals surface area contributed by atoms with Crippen LogP contribution in [0.25, 0.3) is 10.8 Å². The van der Waals surface area contributed by atoms with Gasteiger partial charge in [-0.25, -0.2) is 4.39 Å². The Bertz CT molecular complexity index is 584. The second-order valence-electron chi connectivity index (χ2n) is 4.60. The maximum Gasteiger partial charge on any atom is 0.416 e. The van der Waals surface area contributed by atoms with Gasteiger partial charge >= 0.3 is 6.18 Å². The molecule has 0 aliphatic carbocycles. The monoisotopic (exact) mass is 270 g/mol. The smallest absolute Gasteiger partial charge is 0.207 e. The molecule has 2 aromatic carbocycles. The molecule has 2 rings (SSSR count). The van der Waals surface area contributed by atoms with Crippen molar-refractivity contribution in [3.8, 4) is 0 Å². The van der Waals surface area contributed by atoms with Gasteiger partial charge in [0.1, 0.15) is 5.82 Å². The first kappa shape index (κ1) is 13.8. The fourth-order valence-corrected chi connectivity index (χ4v) is 2.16. The van der Waals surface area contributed by atoms with Gasteiger partial charge in [0.15, 0.2) is 0 Å². The largest absolute Gasteiger partial charge is 0.416 e. The zero-order valence-corrected chi connectivity index (χ0v) is 10.5. The third kappa shape index (κ3) is 3.06. The number of hydrogen-bond acceptors (Lipinski definition) is 0. The molecule has 0 bridgehead atoms. The summed E-state index contributed by atoms with van der Waals surface area (Å²) >= 11 is 0. The van der Waals surface area contributed by atoms with Crippen LogP contribution in [0.2, 0.25) is 0 Å². The van der Waals surface area contributed by atoms with Crippen molar-refractivity contribution in [3.63, 3.8) is 0 Å². The van der Waals surface area contributed by atoms with Gasteiger partial charge in [0.2, 0.25) is 0 Å². The highest BCUT2D eigenvalue weighted by molar-refractivity contribution is 5.86. The second kappa shape index (κ2) is 5.19. The van der Waals surface area contributed by atoms with E-state index in [0.29, 0.717) is 17.2 Å². The molecular formula is C15H14F4. The normalized spacial score (nSPS) is 12.1.